The van der Waals surface area contributed by atoms with Gasteiger partial charge in [0.2, 0.25) is 0 Å². The van der Waals surface area contributed by atoms with Crippen LogP contribution in [0.3, 0.4) is 0 Å². The van der Waals surface area contributed by atoms with Crippen molar-refractivity contribution in [3.63, 3.8) is 0 Å². The molecule has 19 heavy (non-hydrogen) atoms. The van der Waals surface area contributed by atoms with E-state index in [1.165, 1.54) is 0 Å². The van der Waals surface area contributed by atoms with Crippen molar-refractivity contribution >= 4 is 17.6 Å². The van der Waals surface area contributed by atoms with Crippen LogP contribution in [0, 0.1) is 5.92 Å². The first-order valence-corrected chi connectivity index (χ1v) is 6.66. The van der Waals surface area contributed by atoms with Crippen molar-refractivity contribution < 1.29 is 14.3 Å². The van der Waals surface area contributed by atoms with Gasteiger partial charge in [-0.05, 0) is 24.5 Å². The van der Waals surface area contributed by atoms with Crippen LogP contribution in [0.15, 0.2) is 24.3 Å². The van der Waals surface area contributed by atoms with Gasteiger partial charge in [0, 0.05) is 18.5 Å². The summed E-state index contributed by atoms with van der Waals surface area (Å²) < 4.78 is 5.27. The Balaban J connectivity index is 2.23. The Labute approximate surface area is 113 Å². The number of nitrogens with zero attached hydrogens (tertiary/aromatic N) is 1. The summed E-state index contributed by atoms with van der Waals surface area (Å²) in [4.78, 5) is 25.7. The van der Waals surface area contributed by atoms with Crippen molar-refractivity contribution in [1.29, 1.82) is 0 Å². The van der Waals surface area contributed by atoms with Crippen LogP contribution in [0.5, 0.6) is 0 Å². The predicted molar refractivity (Wildman–Crippen MR) is 73.5 cm³/mol. The molecule has 0 radical (unpaired) electrons. The van der Waals surface area contributed by atoms with E-state index in [1.54, 1.807) is 17.0 Å². The second-order valence-electron chi connectivity index (χ2n) is 5.17. The Morgan fingerprint density at radius 1 is 1.37 bits per heavy atom. The molecule has 102 valence electrons. The van der Waals surface area contributed by atoms with Crippen LogP contribution >= 0.6 is 0 Å². The molecule has 2 rings (SSSR count). The van der Waals surface area contributed by atoms with Gasteiger partial charge in [-0.2, -0.15) is 0 Å². The zero-order chi connectivity index (χ0) is 13.8. The van der Waals surface area contributed by atoms with E-state index in [0.29, 0.717) is 43.2 Å². The molecule has 0 unspecified atom stereocenters. The van der Waals surface area contributed by atoms with Gasteiger partial charge >= 0.3 is 6.09 Å². The lowest BCUT2D eigenvalue weighted by Crippen LogP contribution is -2.33. The zero-order valence-electron chi connectivity index (χ0n) is 11.4. The average molecular weight is 261 g/mol. The summed E-state index contributed by atoms with van der Waals surface area (Å²) in [5.74, 6) is 0.391. The summed E-state index contributed by atoms with van der Waals surface area (Å²) in [5.41, 5.74) is 1.28. The number of ether oxygens (including phenoxy) is 1. The SMILES string of the molecule is CC(C)COC(=O)N1CCCC(=O)c2ccccc21. The van der Waals surface area contributed by atoms with Gasteiger partial charge in [0.1, 0.15) is 0 Å². The highest BCUT2D eigenvalue weighted by molar-refractivity contribution is 6.05. The van der Waals surface area contributed by atoms with E-state index in [0.717, 1.165) is 0 Å². The highest BCUT2D eigenvalue weighted by Crippen LogP contribution is 2.26. The third-order valence-corrected chi connectivity index (χ3v) is 3.04. The Morgan fingerprint density at radius 3 is 2.84 bits per heavy atom. The van der Waals surface area contributed by atoms with E-state index >= 15 is 0 Å². The number of rotatable bonds is 2. The van der Waals surface area contributed by atoms with Gasteiger partial charge in [-0.15, -0.1) is 0 Å². The van der Waals surface area contributed by atoms with Gasteiger partial charge in [-0.25, -0.2) is 4.79 Å². The standard InChI is InChI=1S/C15H19NO3/c1-11(2)10-19-15(18)16-9-5-8-14(17)12-6-3-4-7-13(12)16/h3-4,6-7,11H,5,8-10H2,1-2H3. The van der Waals surface area contributed by atoms with Crippen molar-refractivity contribution in [2.24, 2.45) is 5.92 Å². The number of carbonyl (C=O) groups is 2. The molecule has 0 spiro atoms. The smallest absolute Gasteiger partial charge is 0.414 e. The summed E-state index contributed by atoms with van der Waals surface area (Å²) in [6, 6.07) is 7.22. The molecule has 0 saturated carbocycles. The van der Waals surface area contributed by atoms with Crippen molar-refractivity contribution in [2.45, 2.75) is 26.7 Å². The van der Waals surface area contributed by atoms with Gasteiger partial charge in [0.25, 0.3) is 0 Å². The van der Waals surface area contributed by atoms with Gasteiger partial charge in [-0.3, -0.25) is 9.69 Å². The first-order valence-electron chi connectivity index (χ1n) is 6.66. The lowest BCUT2D eigenvalue weighted by atomic mass is 10.1. The van der Waals surface area contributed by atoms with Gasteiger partial charge in [-0.1, -0.05) is 26.0 Å². The molecule has 0 fully saturated rings. The molecule has 0 aliphatic carbocycles. The first kappa shape index (κ1) is 13.6. The second-order valence-corrected chi connectivity index (χ2v) is 5.17. The van der Waals surface area contributed by atoms with Crippen LogP contribution in [-0.2, 0) is 4.74 Å². The molecule has 0 saturated heterocycles. The molecule has 1 aromatic rings. The Kier molecular flexibility index (Phi) is 4.20. The van der Waals surface area contributed by atoms with Gasteiger partial charge < -0.3 is 4.74 Å². The van der Waals surface area contributed by atoms with Gasteiger partial charge in [0.05, 0.1) is 12.3 Å². The molecular formula is C15H19NO3. The minimum atomic E-state index is -0.365. The van der Waals surface area contributed by atoms with Crippen LogP contribution in [-0.4, -0.2) is 25.0 Å². The highest BCUT2D eigenvalue weighted by Gasteiger charge is 2.25. The van der Waals surface area contributed by atoms with Crippen molar-refractivity contribution in [3.05, 3.63) is 29.8 Å². The summed E-state index contributed by atoms with van der Waals surface area (Å²) in [5, 5.41) is 0. The summed E-state index contributed by atoms with van der Waals surface area (Å²) in [6.07, 6.45) is 0.783. The lowest BCUT2D eigenvalue weighted by Gasteiger charge is -2.22. The molecule has 4 nitrogen and oxygen atoms in total. The maximum absolute atomic E-state index is 12.1. The molecule has 4 heteroatoms. The lowest BCUT2D eigenvalue weighted by molar-refractivity contribution is 0.0983. The molecule has 0 bridgehead atoms. The fraction of sp³-hybridized carbons (Fsp3) is 0.467. The third-order valence-electron chi connectivity index (χ3n) is 3.04. The number of anilines is 1. The van der Waals surface area contributed by atoms with Gasteiger partial charge in [0.15, 0.2) is 5.78 Å². The van der Waals surface area contributed by atoms with Crippen LogP contribution < -0.4 is 4.90 Å². The molecule has 1 aliphatic rings. The number of Topliss-reactive ketones (excluding diaryl/α,β-unsaturated/α-hetero) is 1. The molecule has 1 aliphatic heterocycles. The number of para-hydroxylation sites is 1. The average Bonchev–Trinajstić information content (AvgIpc) is 2.56. The minimum absolute atomic E-state index is 0.0924. The van der Waals surface area contributed by atoms with E-state index in [2.05, 4.69) is 0 Å². The van der Waals surface area contributed by atoms with E-state index < -0.39 is 0 Å². The fourth-order valence-electron chi connectivity index (χ4n) is 2.10. The molecule has 1 heterocycles. The Bertz CT molecular complexity index is 482. The monoisotopic (exact) mass is 261 g/mol. The topological polar surface area (TPSA) is 46.6 Å². The number of fused-ring (bicyclic) bond motifs is 1. The van der Waals surface area contributed by atoms with E-state index in [9.17, 15) is 9.59 Å². The maximum Gasteiger partial charge on any atom is 0.414 e. The fourth-order valence-corrected chi connectivity index (χ4v) is 2.10. The quantitative estimate of drug-likeness (QED) is 0.821. The number of carbonyl (C=O) groups excluding carboxylic acids is 2. The molecule has 0 aromatic heterocycles. The Morgan fingerprint density at radius 2 is 2.11 bits per heavy atom. The zero-order valence-corrected chi connectivity index (χ0v) is 11.4. The summed E-state index contributed by atoms with van der Waals surface area (Å²) in [6.45, 7) is 4.91. The summed E-state index contributed by atoms with van der Waals surface area (Å²) >= 11 is 0. The van der Waals surface area contributed by atoms with E-state index in [1.807, 2.05) is 26.0 Å². The van der Waals surface area contributed by atoms with Crippen LogP contribution in [0.2, 0.25) is 0 Å². The highest BCUT2D eigenvalue weighted by atomic mass is 16.6. The second kappa shape index (κ2) is 5.87. The third kappa shape index (κ3) is 3.13. The molecule has 1 aromatic carbocycles. The summed E-state index contributed by atoms with van der Waals surface area (Å²) in [7, 11) is 0. The molecule has 0 N–H and O–H groups in total. The maximum atomic E-state index is 12.1. The van der Waals surface area contributed by atoms with E-state index in [4.69, 9.17) is 4.74 Å². The molecule has 0 atom stereocenters. The van der Waals surface area contributed by atoms with Crippen molar-refractivity contribution in [3.8, 4) is 0 Å². The van der Waals surface area contributed by atoms with Crippen molar-refractivity contribution in [2.75, 3.05) is 18.1 Å². The van der Waals surface area contributed by atoms with Crippen LogP contribution in [0.1, 0.15) is 37.0 Å². The molecule has 1 amide bonds. The number of hydrogen-bond donors (Lipinski definition) is 0. The number of ketones is 1. The minimum Gasteiger partial charge on any atom is -0.449 e. The number of amides is 1. The largest absolute Gasteiger partial charge is 0.449 e. The normalized spacial score (nSPS) is 15.1. The van der Waals surface area contributed by atoms with Crippen LogP contribution in [0.4, 0.5) is 10.5 Å². The molecular weight excluding hydrogens is 242 g/mol. The number of benzene rings is 1. The predicted octanol–water partition coefficient (Wildman–Crippen LogP) is 3.26. The van der Waals surface area contributed by atoms with Crippen LogP contribution in [0.25, 0.3) is 0 Å². The van der Waals surface area contributed by atoms with E-state index in [-0.39, 0.29) is 11.9 Å². The number of hydrogen-bond acceptors (Lipinski definition) is 3. The van der Waals surface area contributed by atoms with Crippen molar-refractivity contribution in [1.82, 2.24) is 0 Å². The first-order chi connectivity index (χ1) is 9.09. The Hall–Kier alpha value is -1.84.